The molecule has 0 radical (unpaired) electrons. The summed E-state index contributed by atoms with van der Waals surface area (Å²) in [5.74, 6) is 2.29. The van der Waals surface area contributed by atoms with Crippen LogP contribution in [0.3, 0.4) is 0 Å². The number of nitrogens with zero attached hydrogens (tertiary/aromatic N) is 2. The summed E-state index contributed by atoms with van der Waals surface area (Å²) >= 11 is 0. The standard InChI is InChI=1S/C8H16N2O2S/c1-6-7-9(4)13(11,12)10(5)8(2)3/h1,8H,7H2,2-5H3. The van der Waals surface area contributed by atoms with Gasteiger partial charge in [0.1, 0.15) is 0 Å². The van der Waals surface area contributed by atoms with Gasteiger partial charge in [-0.15, -0.1) is 6.42 Å². The smallest absolute Gasteiger partial charge is 0.195 e. The van der Waals surface area contributed by atoms with Gasteiger partial charge in [-0.05, 0) is 13.8 Å². The van der Waals surface area contributed by atoms with E-state index < -0.39 is 10.2 Å². The summed E-state index contributed by atoms with van der Waals surface area (Å²) in [6.07, 6.45) is 5.03. The molecule has 0 spiro atoms. The Morgan fingerprint density at radius 2 is 1.85 bits per heavy atom. The van der Waals surface area contributed by atoms with Crippen LogP contribution in [0.4, 0.5) is 0 Å². The van der Waals surface area contributed by atoms with Crippen LogP contribution in [0, 0.1) is 12.3 Å². The Labute approximate surface area is 80.7 Å². The highest BCUT2D eigenvalue weighted by atomic mass is 32.2. The van der Waals surface area contributed by atoms with Gasteiger partial charge >= 0.3 is 0 Å². The summed E-state index contributed by atoms with van der Waals surface area (Å²) in [6, 6.07) is -0.0646. The molecule has 5 heteroatoms. The van der Waals surface area contributed by atoms with Crippen LogP contribution in [0.1, 0.15) is 13.8 Å². The zero-order valence-corrected chi connectivity index (χ0v) is 9.30. The lowest BCUT2D eigenvalue weighted by molar-refractivity contribution is 0.368. The fraction of sp³-hybridized carbons (Fsp3) is 0.750. The average molecular weight is 204 g/mol. The first-order chi connectivity index (χ1) is 5.84. The quantitative estimate of drug-likeness (QED) is 0.611. The van der Waals surface area contributed by atoms with Crippen LogP contribution >= 0.6 is 0 Å². The third-order valence-corrected chi connectivity index (χ3v) is 3.87. The molecule has 0 amide bonds. The fourth-order valence-corrected chi connectivity index (χ4v) is 1.91. The molecule has 0 unspecified atom stereocenters. The lowest BCUT2D eigenvalue weighted by atomic mass is 10.4. The predicted octanol–water partition coefficient (Wildman–Crippen LogP) is 0.136. The van der Waals surface area contributed by atoms with E-state index in [4.69, 9.17) is 6.42 Å². The van der Waals surface area contributed by atoms with Crippen molar-refractivity contribution in [3.8, 4) is 12.3 Å². The van der Waals surface area contributed by atoms with Gasteiger partial charge in [0.2, 0.25) is 0 Å². The third kappa shape index (κ3) is 2.99. The van der Waals surface area contributed by atoms with Gasteiger partial charge < -0.3 is 0 Å². The molecule has 13 heavy (non-hydrogen) atoms. The van der Waals surface area contributed by atoms with Gasteiger partial charge in [-0.1, -0.05) is 5.92 Å². The number of terminal acetylenes is 1. The summed E-state index contributed by atoms with van der Waals surface area (Å²) in [5, 5.41) is 0. The minimum Gasteiger partial charge on any atom is -0.195 e. The van der Waals surface area contributed by atoms with Crippen molar-refractivity contribution in [2.75, 3.05) is 20.6 Å². The van der Waals surface area contributed by atoms with Crippen LogP contribution in [-0.4, -0.2) is 43.7 Å². The van der Waals surface area contributed by atoms with Crippen LogP contribution in [0.15, 0.2) is 0 Å². The van der Waals surface area contributed by atoms with Crippen LogP contribution in [0.2, 0.25) is 0 Å². The van der Waals surface area contributed by atoms with E-state index in [2.05, 4.69) is 5.92 Å². The molecule has 0 aliphatic heterocycles. The minimum atomic E-state index is -3.38. The zero-order chi connectivity index (χ0) is 10.6. The van der Waals surface area contributed by atoms with Crippen molar-refractivity contribution in [1.29, 1.82) is 0 Å². The van der Waals surface area contributed by atoms with E-state index in [1.54, 1.807) is 13.8 Å². The van der Waals surface area contributed by atoms with E-state index in [1.807, 2.05) is 0 Å². The normalized spacial score (nSPS) is 12.5. The number of rotatable bonds is 4. The lowest BCUT2D eigenvalue weighted by Crippen LogP contribution is -2.43. The molecule has 76 valence electrons. The summed E-state index contributed by atoms with van der Waals surface area (Å²) in [7, 11) is -0.375. The van der Waals surface area contributed by atoms with Crippen molar-refractivity contribution in [1.82, 2.24) is 8.61 Å². The first-order valence-electron chi connectivity index (χ1n) is 3.96. The molecule has 0 rings (SSSR count). The molecule has 0 aromatic rings. The van der Waals surface area contributed by atoms with E-state index in [9.17, 15) is 8.42 Å². The molecular formula is C8H16N2O2S. The predicted molar refractivity (Wildman–Crippen MR) is 53.3 cm³/mol. The second-order valence-corrected chi connectivity index (χ2v) is 5.17. The van der Waals surface area contributed by atoms with Gasteiger partial charge in [0.15, 0.2) is 0 Å². The highest BCUT2D eigenvalue weighted by molar-refractivity contribution is 7.86. The fourth-order valence-electron chi connectivity index (χ4n) is 0.696. The highest BCUT2D eigenvalue weighted by Crippen LogP contribution is 2.06. The second kappa shape index (κ2) is 4.61. The number of hydrogen-bond acceptors (Lipinski definition) is 2. The minimum absolute atomic E-state index is 0.0646. The van der Waals surface area contributed by atoms with Crippen molar-refractivity contribution < 1.29 is 8.42 Å². The molecular weight excluding hydrogens is 188 g/mol. The molecule has 4 nitrogen and oxygen atoms in total. The average Bonchev–Trinajstić information content (AvgIpc) is 2.03. The van der Waals surface area contributed by atoms with Crippen LogP contribution in [-0.2, 0) is 10.2 Å². The van der Waals surface area contributed by atoms with Crippen LogP contribution < -0.4 is 0 Å². The van der Waals surface area contributed by atoms with Crippen molar-refractivity contribution in [3.05, 3.63) is 0 Å². The summed E-state index contributed by atoms with van der Waals surface area (Å²) in [4.78, 5) is 0. The van der Waals surface area contributed by atoms with Crippen molar-refractivity contribution in [2.45, 2.75) is 19.9 Å². The molecule has 0 saturated heterocycles. The summed E-state index contributed by atoms with van der Waals surface area (Å²) < 4.78 is 25.7. The van der Waals surface area contributed by atoms with Gasteiger partial charge in [0.05, 0.1) is 6.54 Å². The Bertz CT molecular complexity index is 290. The van der Waals surface area contributed by atoms with Gasteiger partial charge in [0, 0.05) is 20.1 Å². The Morgan fingerprint density at radius 1 is 1.38 bits per heavy atom. The Kier molecular flexibility index (Phi) is 4.40. The first-order valence-corrected chi connectivity index (χ1v) is 5.36. The second-order valence-electron chi connectivity index (χ2n) is 3.08. The maximum absolute atomic E-state index is 11.6. The lowest BCUT2D eigenvalue weighted by Gasteiger charge is -2.25. The van der Waals surface area contributed by atoms with E-state index in [0.717, 1.165) is 4.31 Å². The molecule has 0 atom stereocenters. The summed E-state index contributed by atoms with van der Waals surface area (Å²) in [6.45, 7) is 3.71. The molecule has 0 bridgehead atoms. The maximum atomic E-state index is 11.6. The molecule has 0 aliphatic rings. The zero-order valence-electron chi connectivity index (χ0n) is 8.48. The van der Waals surface area contributed by atoms with Crippen molar-refractivity contribution in [2.24, 2.45) is 0 Å². The molecule has 0 N–H and O–H groups in total. The van der Waals surface area contributed by atoms with Crippen LogP contribution in [0.25, 0.3) is 0 Å². The largest absolute Gasteiger partial charge is 0.282 e. The molecule has 0 heterocycles. The SMILES string of the molecule is C#CCN(C)S(=O)(=O)N(C)C(C)C. The summed E-state index contributed by atoms with van der Waals surface area (Å²) in [5.41, 5.74) is 0. The van der Waals surface area contributed by atoms with Crippen molar-refractivity contribution in [3.63, 3.8) is 0 Å². The first kappa shape index (κ1) is 12.4. The molecule has 0 fully saturated rings. The number of hydrogen-bond donors (Lipinski definition) is 0. The molecule has 0 aliphatic carbocycles. The maximum Gasteiger partial charge on any atom is 0.282 e. The molecule has 0 aromatic carbocycles. The van der Waals surface area contributed by atoms with E-state index in [0.29, 0.717) is 0 Å². The monoisotopic (exact) mass is 204 g/mol. The Balaban J connectivity index is 4.68. The third-order valence-electron chi connectivity index (χ3n) is 1.80. The van der Waals surface area contributed by atoms with E-state index in [-0.39, 0.29) is 12.6 Å². The molecule has 0 aromatic heterocycles. The van der Waals surface area contributed by atoms with E-state index in [1.165, 1.54) is 18.4 Å². The van der Waals surface area contributed by atoms with Gasteiger partial charge in [0.25, 0.3) is 10.2 Å². The topological polar surface area (TPSA) is 40.6 Å². The van der Waals surface area contributed by atoms with Gasteiger partial charge in [-0.2, -0.15) is 17.0 Å². The van der Waals surface area contributed by atoms with Crippen LogP contribution in [0.5, 0.6) is 0 Å². The molecule has 0 saturated carbocycles. The van der Waals surface area contributed by atoms with E-state index >= 15 is 0 Å². The highest BCUT2D eigenvalue weighted by Gasteiger charge is 2.24. The Morgan fingerprint density at radius 3 is 2.15 bits per heavy atom. The van der Waals surface area contributed by atoms with Gasteiger partial charge in [-0.25, -0.2) is 0 Å². The van der Waals surface area contributed by atoms with Gasteiger partial charge in [-0.3, -0.25) is 0 Å². The van der Waals surface area contributed by atoms with Crippen molar-refractivity contribution >= 4 is 10.2 Å². The Hall–Kier alpha value is -0.570.